The Morgan fingerprint density at radius 2 is 2.26 bits per heavy atom. The topological polar surface area (TPSA) is 92.1 Å². The lowest BCUT2D eigenvalue weighted by atomic mass is 10.2. The minimum atomic E-state index is -0.902. The standard InChI is InChI=1S/C10H8ClN5O2S/c11-5-1-2-7-6(3-5)12-13-9-14-15-10(16(7)9)19-4-8(17)18/h1-3,12H,4H2,(H,13,14)(H,17,18). The van der Waals surface area contributed by atoms with Crippen LogP contribution in [0.3, 0.4) is 0 Å². The first-order valence-electron chi connectivity index (χ1n) is 5.27. The van der Waals surface area contributed by atoms with Gasteiger partial charge in [0.25, 0.3) is 0 Å². The molecule has 0 spiro atoms. The molecule has 19 heavy (non-hydrogen) atoms. The van der Waals surface area contributed by atoms with Crippen molar-refractivity contribution < 1.29 is 9.90 Å². The normalized spacial score (nSPS) is 12.1. The molecule has 0 saturated carbocycles. The SMILES string of the molecule is O=C(O)CSc1nnc2n1-c1ccc(Cl)cc1NN2. The van der Waals surface area contributed by atoms with Crippen molar-refractivity contribution in [3.05, 3.63) is 23.2 Å². The van der Waals surface area contributed by atoms with Crippen LogP contribution in [0.25, 0.3) is 5.69 Å². The van der Waals surface area contributed by atoms with E-state index in [1.807, 2.05) is 6.07 Å². The Labute approximate surface area is 116 Å². The van der Waals surface area contributed by atoms with Crippen molar-refractivity contribution in [2.75, 3.05) is 16.6 Å². The molecule has 1 aromatic heterocycles. The van der Waals surface area contributed by atoms with E-state index in [0.717, 1.165) is 23.1 Å². The Morgan fingerprint density at radius 1 is 1.42 bits per heavy atom. The van der Waals surface area contributed by atoms with Gasteiger partial charge in [0.2, 0.25) is 5.95 Å². The number of benzene rings is 1. The average Bonchev–Trinajstić information content (AvgIpc) is 2.79. The van der Waals surface area contributed by atoms with Crippen LogP contribution in [0.1, 0.15) is 0 Å². The number of nitrogens with one attached hydrogen (secondary N) is 2. The van der Waals surface area contributed by atoms with Crippen molar-refractivity contribution in [1.82, 2.24) is 14.8 Å². The number of aliphatic carboxylic acids is 1. The predicted molar refractivity (Wildman–Crippen MR) is 72.0 cm³/mol. The van der Waals surface area contributed by atoms with Crippen LogP contribution < -0.4 is 10.9 Å². The molecule has 1 aromatic carbocycles. The molecule has 0 unspecified atom stereocenters. The van der Waals surface area contributed by atoms with Gasteiger partial charge in [-0.15, -0.1) is 10.2 Å². The molecule has 0 aliphatic carbocycles. The van der Waals surface area contributed by atoms with Gasteiger partial charge in [0.1, 0.15) is 0 Å². The van der Waals surface area contributed by atoms with Crippen LogP contribution in [0.2, 0.25) is 5.02 Å². The molecule has 2 aromatic rings. The van der Waals surface area contributed by atoms with Gasteiger partial charge >= 0.3 is 5.97 Å². The maximum atomic E-state index is 10.6. The number of nitrogens with zero attached hydrogens (tertiary/aromatic N) is 3. The average molecular weight is 298 g/mol. The number of anilines is 2. The van der Waals surface area contributed by atoms with Crippen LogP contribution in [-0.4, -0.2) is 31.6 Å². The first kappa shape index (κ1) is 12.1. The van der Waals surface area contributed by atoms with E-state index in [2.05, 4.69) is 21.0 Å². The summed E-state index contributed by atoms with van der Waals surface area (Å²) >= 11 is 7.04. The summed E-state index contributed by atoms with van der Waals surface area (Å²) in [6.45, 7) is 0. The molecule has 98 valence electrons. The van der Waals surface area contributed by atoms with E-state index in [9.17, 15) is 4.79 Å². The Bertz CT molecular complexity index is 659. The number of rotatable bonds is 3. The fourth-order valence-corrected chi connectivity index (χ4v) is 2.55. The minimum Gasteiger partial charge on any atom is -0.481 e. The molecule has 0 amide bonds. The summed E-state index contributed by atoms with van der Waals surface area (Å²) in [7, 11) is 0. The number of hydrogen-bond donors (Lipinski definition) is 3. The van der Waals surface area contributed by atoms with Crippen molar-refractivity contribution in [3.8, 4) is 5.69 Å². The monoisotopic (exact) mass is 297 g/mol. The van der Waals surface area contributed by atoms with Crippen LogP contribution in [0.5, 0.6) is 0 Å². The summed E-state index contributed by atoms with van der Waals surface area (Å²) in [5.74, 6) is -0.475. The van der Waals surface area contributed by atoms with E-state index in [4.69, 9.17) is 16.7 Å². The summed E-state index contributed by atoms with van der Waals surface area (Å²) in [6.07, 6.45) is 0. The zero-order chi connectivity index (χ0) is 13.4. The van der Waals surface area contributed by atoms with Crippen LogP contribution in [0.4, 0.5) is 11.6 Å². The van der Waals surface area contributed by atoms with Gasteiger partial charge in [-0.2, -0.15) is 0 Å². The number of carbonyl (C=O) groups is 1. The van der Waals surface area contributed by atoms with Gasteiger partial charge < -0.3 is 5.11 Å². The third-order valence-corrected chi connectivity index (χ3v) is 3.62. The summed E-state index contributed by atoms with van der Waals surface area (Å²) in [6, 6.07) is 5.34. The van der Waals surface area contributed by atoms with Crippen molar-refractivity contribution in [3.63, 3.8) is 0 Å². The Balaban J connectivity index is 2.03. The van der Waals surface area contributed by atoms with E-state index in [1.54, 1.807) is 16.7 Å². The molecule has 3 rings (SSSR count). The minimum absolute atomic E-state index is 0.0749. The van der Waals surface area contributed by atoms with Crippen molar-refractivity contribution in [1.29, 1.82) is 0 Å². The molecule has 0 fully saturated rings. The number of carboxylic acids is 1. The number of halogens is 1. The second-order valence-electron chi connectivity index (χ2n) is 3.74. The van der Waals surface area contributed by atoms with Crippen LogP contribution in [0, 0.1) is 0 Å². The first-order chi connectivity index (χ1) is 9.15. The first-order valence-corrected chi connectivity index (χ1v) is 6.63. The molecule has 9 heteroatoms. The Morgan fingerprint density at radius 3 is 3.05 bits per heavy atom. The molecule has 2 heterocycles. The number of fused-ring (bicyclic) bond motifs is 3. The summed E-state index contributed by atoms with van der Waals surface area (Å²) in [4.78, 5) is 10.6. The van der Waals surface area contributed by atoms with E-state index in [0.29, 0.717) is 16.1 Å². The quantitative estimate of drug-likeness (QED) is 0.745. The van der Waals surface area contributed by atoms with Gasteiger partial charge in [-0.3, -0.25) is 20.2 Å². The molecule has 0 atom stereocenters. The van der Waals surface area contributed by atoms with E-state index >= 15 is 0 Å². The summed E-state index contributed by atoms with van der Waals surface area (Å²) < 4.78 is 1.75. The highest BCUT2D eigenvalue weighted by Crippen LogP contribution is 2.33. The summed E-state index contributed by atoms with van der Waals surface area (Å²) in [5, 5.41) is 17.8. The third kappa shape index (κ3) is 2.20. The third-order valence-electron chi connectivity index (χ3n) is 2.47. The van der Waals surface area contributed by atoms with E-state index in [1.165, 1.54) is 0 Å². The largest absolute Gasteiger partial charge is 0.481 e. The lowest BCUT2D eigenvalue weighted by Crippen LogP contribution is -2.20. The van der Waals surface area contributed by atoms with Crippen molar-refractivity contribution in [2.45, 2.75) is 5.16 Å². The van der Waals surface area contributed by atoms with Gasteiger partial charge in [-0.25, -0.2) is 0 Å². The fourth-order valence-electron chi connectivity index (χ4n) is 1.71. The molecule has 1 aliphatic rings. The molecular weight excluding hydrogens is 290 g/mol. The van der Waals surface area contributed by atoms with Crippen LogP contribution >= 0.6 is 23.4 Å². The maximum Gasteiger partial charge on any atom is 0.313 e. The highest BCUT2D eigenvalue weighted by molar-refractivity contribution is 7.99. The van der Waals surface area contributed by atoms with Crippen LogP contribution in [0.15, 0.2) is 23.4 Å². The van der Waals surface area contributed by atoms with Gasteiger partial charge in [-0.1, -0.05) is 23.4 Å². The van der Waals surface area contributed by atoms with E-state index in [-0.39, 0.29) is 5.75 Å². The molecule has 0 saturated heterocycles. The number of hydrogen-bond acceptors (Lipinski definition) is 6. The zero-order valence-electron chi connectivity index (χ0n) is 9.42. The second kappa shape index (κ2) is 4.63. The van der Waals surface area contributed by atoms with Crippen molar-refractivity contribution >= 4 is 41.0 Å². The molecular formula is C10H8ClN5O2S. The lowest BCUT2D eigenvalue weighted by molar-refractivity contribution is -0.133. The Kier molecular flexibility index (Phi) is 2.96. The molecule has 7 nitrogen and oxygen atoms in total. The predicted octanol–water partition coefficient (Wildman–Crippen LogP) is 1.85. The fraction of sp³-hybridized carbons (Fsp3) is 0.100. The number of thioether (sulfide) groups is 1. The molecule has 3 N–H and O–H groups in total. The lowest BCUT2D eigenvalue weighted by Gasteiger charge is -2.21. The smallest absolute Gasteiger partial charge is 0.313 e. The number of carboxylic acid groups (broad SMARTS) is 1. The van der Waals surface area contributed by atoms with Gasteiger partial charge in [0, 0.05) is 5.02 Å². The van der Waals surface area contributed by atoms with Crippen LogP contribution in [-0.2, 0) is 4.79 Å². The molecule has 1 aliphatic heterocycles. The van der Waals surface area contributed by atoms with Gasteiger partial charge in [-0.05, 0) is 18.2 Å². The molecule has 0 radical (unpaired) electrons. The number of hydrazine groups is 1. The number of aromatic nitrogens is 3. The maximum absolute atomic E-state index is 10.6. The highest BCUT2D eigenvalue weighted by Gasteiger charge is 2.21. The van der Waals surface area contributed by atoms with Crippen molar-refractivity contribution in [2.24, 2.45) is 0 Å². The second-order valence-corrected chi connectivity index (χ2v) is 5.11. The van der Waals surface area contributed by atoms with E-state index < -0.39 is 5.97 Å². The Hall–Kier alpha value is -1.93. The highest BCUT2D eigenvalue weighted by atomic mass is 35.5. The van der Waals surface area contributed by atoms with Gasteiger partial charge in [0.15, 0.2) is 5.16 Å². The van der Waals surface area contributed by atoms with Gasteiger partial charge in [0.05, 0.1) is 17.1 Å². The summed E-state index contributed by atoms with van der Waals surface area (Å²) in [5.41, 5.74) is 7.42. The zero-order valence-corrected chi connectivity index (χ0v) is 11.0. The molecule has 0 bridgehead atoms.